The van der Waals surface area contributed by atoms with Gasteiger partial charge in [0.05, 0.1) is 22.4 Å². The van der Waals surface area contributed by atoms with E-state index in [1.165, 1.54) is 19.2 Å². The van der Waals surface area contributed by atoms with Crippen molar-refractivity contribution >= 4 is 43.6 Å². The zero-order valence-electron chi connectivity index (χ0n) is 16.7. The number of sulfonamides is 1. The van der Waals surface area contributed by atoms with Gasteiger partial charge in [-0.05, 0) is 30.8 Å². The van der Waals surface area contributed by atoms with Crippen LogP contribution in [0.4, 0.5) is 0 Å². The molecule has 3 N–H and O–H groups in total. The SMILES string of the molecule is CNS(=O)(=O)c1c(-c2cc(Cl)c3[nH]ncc3c2)c(-c2ccccc2)nc2[nH]c(=O)ccc12. The summed E-state index contributed by atoms with van der Waals surface area (Å²) in [7, 11) is -2.64. The summed E-state index contributed by atoms with van der Waals surface area (Å²) in [5.74, 6) is 0. The van der Waals surface area contributed by atoms with Gasteiger partial charge >= 0.3 is 0 Å². The molecule has 3 aromatic heterocycles. The minimum atomic E-state index is -3.98. The lowest BCUT2D eigenvalue weighted by Gasteiger charge is -2.18. The Morgan fingerprint density at radius 3 is 2.56 bits per heavy atom. The molecule has 5 aromatic rings. The number of benzene rings is 2. The minimum absolute atomic E-state index is 0.000912. The second-order valence-electron chi connectivity index (χ2n) is 7.12. The highest BCUT2D eigenvalue weighted by Gasteiger charge is 2.27. The van der Waals surface area contributed by atoms with Crippen molar-refractivity contribution in [3.63, 3.8) is 0 Å². The molecular weight excluding hydrogens is 450 g/mol. The van der Waals surface area contributed by atoms with Crippen LogP contribution in [0.2, 0.25) is 5.02 Å². The van der Waals surface area contributed by atoms with E-state index in [1.54, 1.807) is 18.3 Å². The van der Waals surface area contributed by atoms with E-state index in [2.05, 4.69) is 24.9 Å². The number of halogens is 1. The Morgan fingerprint density at radius 2 is 1.81 bits per heavy atom. The van der Waals surface area contributed by atoms with E-state index >= 15 is 0 Å². The fraction of sp³-hybridized carbons (Fsp3) is 0.0455. The van der Waals surface area contributed by atoms with Crippen molar-refractivity contribution < 1.29 is 8.42 Å². The van der Waals surface area contributed by atoms with Gasteiger partial charge in [0, 0.05) is 28.0 Å². The summed E-state index contributed by atoms with van der Waals surface area (Å²) in [6, 6.07) is 15.4. The lowest BCUT2D eigenvalue weighted by Crippen LogP contribution is -2.21. The largest absolute Gasteiger partial charge is 0.307 e. The van der Waals surface area contributed by atoms with Crippen LogP contribution in [-0.4, -0.2) is 35.6 Å². The first-order valence-electron chi connectivity index (χ1n) is 9.58. The maximum Gasteiger partial charge on any atom is 0.249 e. The number of nitrogens with one attached hydrogen (secondary N) is 3. The fourth-order valence-electron chi connectivity index (χ4n) is 3.76. The lowest BCUT2D eigenvalue weighted by molar-refractivity contribution is 0.589. The molecule has 0 aliphatic rings. The quantitative estimate of drug-likeness (QED) is 0.373. The van der Waals surface area contributed by atoms with E-state index in [-0.39, 0.29) is 21.5 Å². The number of hydrogen-bond donors (Lipinski definition) is 3. The number of aromatic amines is 2. The molecule has 160 valence electrons. The van der Waals surface area contributed by atoms with Crippen LogP contribution in [0.5, 0.6) is 0 Å². The fourth-order valence-corrected chi connectivity index (χ4v) is 5.17. The van der Waals surface area contributed by atoms with Gasteiger partial charge in [-0.25, -0.2) is 18.1 Å². The highest BCUT2D eigenvalue weighted by molar-refractivity contribution is 7.89. The minimum Gasteiger partial charge on any atom is -0.307 e. The third-order valence-corrected chi connectivity index (χ3v) is 7.00. The van der Waals surface area contributed by atoms with Gasteiger partial charge in [-0.1, -0.05) is 41.9 Å². The molecule has 0 unspecified atom stereocenters. The molecule has 2 aromatic carbocycles. The first kappa shape index (κ1) is 20.4. The van der Waals surface area contributed by atoms with Gasteiger partial charge in [-0.15, -0.1) is 0 Å². The Labute approximate surface area is 187 Å². The maximum absolute atomic E-state index is 13.3. The number of hydrogen-bond acceptors (Lipinski definition) is 5. The lowest BCUT2D eigenvalue weighted by atomic mass is 9.97. The zero-order chi connectivity index (χ0) is 22.5. The Morgan fingerprint density at radius 1 is 1.03 bits per heavy atom. The molecule has 0 saturated carbocycles. The number of fused-ring (bicyclic) bond motifs is 2. The molecule has 10 heteroatoms. The normalized spacial score (nSPS) is 11.9. The molecule has 0 aliphatic carbocycles. The van der Waals surface area contributed by atoms with Crippen LogP contribution in [-0.2, 0) is 10.0 Å². The summed E-state index contributed by atoms with van der Waals surface area (Å²) >= 11 is 6.49. The van der Waals surface area contributed by atoms with Crippen molar-refractivity contribution in [1.29, 1.82) is 0 Å². The monoisotopic (exact) mass is 465 g/mol. The summed E-state index contributed by atoms with van der Waals surface area (Å²) < 4.78 is 29.0. The van der Waals surface area contributed by atoms with Gasteiger partial charge in [0.2, 0.25) is 15.6 Å². The highest BCUT2D eigenvalue weighted by Crippen LogP contribution is 2.41. The molecule has 0 radical (unpaired) electrons. The standard InChI is InChI=1S/C22H16ClN5O3S/c1-24-32(30,31)21-15-7-8-17(29)26-22(15)27-20(12-5-3-2-4-6-12)18(21)13-9-14-11-25-28-19(14)16(23)10-13/h2-11,24H,1H3,(H,25,28)(H,26,27,29). The van der Waals surface area contributed by atoms with Crippen LogP contribution in [0.25, 0.3) is 44.3 Å². The molecule has 0 atom stereocenters. The van der Waals surface area contributed by atoms with E-state index in [9.17, 15) is 13.2 Å². The second kappa shape index (κ2) is 7.56. The number of H-pyrrole nitrogens is 2. The molecule has 0 amide bonds. The Balaban J connectivity index is 2.02. The number of pyridine rings is 2. The van der Waals surface area contributed by atoms with Gasteiger partial charge in [0.1, 0.15) is 10.5 Å². The summed E-state index contributed by atoms with van der Waals surface area (Å²) in [6.07, 6.45) is 1.62. The van der Waals surface area contributed by atoms with E-state index in [1.807, 2.05) is 30.3 Å². The van der Waals surface area contributed by atoms with Crippen LogP contribution in [0, 0.1) is 0 Å². The molecule has 3 heterocycles. The van der Waals surface area contributed by atoms with Crippen LogP contribution in [0.1, 0.15) is 0 Å². The predicted octanol–water partition coefficient (Wildman–Crippen LogP) is 3.69. The van der Waals surface area contributed by atoms with Crippen molar-refractivity contribution in [3.8, 4) is 22.4 Å². The zero-order valence-corrected chi connectivity index (χ0v) is 18.3. The van der Waals surface area contributed by atoms with Gasteiger partial charge in [-0.3, -0.25) is 9.89 Å². The van der Waals surface area contributed by atoms with Crippen LogP contribution >= 0.6 is 11.6 Å². The average Bonchev–Trinajstić information content (AvgIpc) is 3.27. The molecular formula is C22H16ClN5O3S. The van der Waals surface area contributed by atoms with Crippen LogP contribution in [0.3, 0.4) is 0 Å². The first-order chi connectivity index (χ1) is 15.4. The molecule has 0 spiro atoms. The molecule has 8 nitrogen and oxygen atoms in total. The molecule has 32 heavy (non-hydrogen) atoms. The van der Waals surface area contributed by atoms with Crippen molar-refractivity contribution in [3.05, 3.63) is 76.2 Å². The van der Waals surface area contributed by atoms with Crippen LogP contribution in [0.15, 0.2) is 70.5 Å². The average molecular weight is 466 g/mol. The summed E-state index contributed by atoms with van der Waals surface area (Å²) in [4.78, 5) is 19.3. The van der Waals surface area contributed by atoms with E-state index < -0.39 is 10.0 Å². The smallest absolute Gasteiger partial charge is 0.249 e. The molecule has 0 fully saturated rings. The summed E-state index contributed by atoms with van der Waals surface area (Å²) in [6.45, 7) is 0. The predicted molar refractivity (Wildman–Crippen MR) is 124 cm³/mol. The second-order valence-corrected chi connectivity index (χ2v) is 9.35. The van der Waals surface area contributed by atoms with Crippen molar-refractivity contribution in [2.75, 3.05) is 7.05 Å². The van der Waals surface area contributed by atoms with Gasteiger partial charge in [0.15, 0.2) is 0 Å². The number of rotatable bonds is 4. The van der Waals surface area contributed by atoms with Gasteiger partial charge in [0.25, 0.3) is 0 Å². The van der Waals surface area contributed by atoms with Crippen molar-refractivity contribution in [2.45, 2.75) is 4.90 Å². The van der Waals surface area contributed by atoms with E-state index in [0.717, 1.165) is 5.39 Å². The Kier molecular flexibility index (Phi) is 4.81. The maximum atomic E-state index is 13.3. The molecule has 0 saturated heterocycles. The molecule has 0 aliphatic heterocycles. The topological polar surface area (TPSA) is 121 Å². The van der Waals surface area contributed by atoms with Gasteiger partial charge in [-0.2, -0.15) is 5.10 Å². The van der Waals surface area contributed by atoms with Crippen LogP contribution < -0.4 is 10.3 Å². The third kappa shape index (κ3) is 3.27. The first-order valence-corrected chi connectivity index (χ1v) is 11.4. The third-order valence-electron chi connectivity index (χ3n) is 5.20. The van der Waals surface area contributed by atoms with Gasteiger partial charge < -0.3 is 4.98 Å². The summed E-state index contributed by atoms with van der Waals surface area (Å²) in [5, 5.41) is 8.27. The number of aromatic nitrogens is 4. The van der Waals surface area contributed by atoms with Crippen molar-refractivity contribution in [2.24, 2.45) is 0 Å². The summed E-state index contributed by atoms with van der Waals surface area (Å²) in [5.41, 5.74) is 2.44. The Bertz CT molecular complexity index is 1660. The van der Waals surface area contributed by atoms with E-state index in [4.69, 9.17) is 11.6 Å². The highest BCUT2D eigenvalue weighted by atomic mass is 35.5. The molecule has 0 bridgehead atoms. The molecule has 5 rings (SSSR count). The van der Waals surface area contributed by atoms with Crippen molar-refractivity contribution in [1.82, 2.24) is 24.9 Å². The Hall–Kier alpha value is -3.53. The number of nitrogens with zero attached hydrogens (tertiary/aromatic N) is 2. The van der Waals surface area contributed by atoms with E-state index in [0.29, 0.717) is 32.9 Å².